The van der Waals surface area contributed by atoms with Gasteiger partial charge >= 0.3 is 0 Å². The summed E-state index contributed by atoms with van der Waals surface area (Å²) in [6.45, 7) is 9.81. The Morgan fingerprint density at radius 1 is 1.18 bits per heavy atom. The molecule has 0 bridgehead atoms. The van der Waals surface area contributed by atoms with Crippen molar-refractivity contribution in [3.63, 3.8) is 0 Å². The van der Waals surface area contributed by atoms with Gasteiger partial charge in [0.15, 0.2) is 0 Å². The number of anilines is 1. The predicted octanol–water partition coefficient (Wildman–Crippen LogP) is 4.24. The third-order valence-electron chi connectivity index (χ3n) is 6.58. The maximum absolute atomic E-state index is 12.3. The molecule has 1 N–H and O–H groups in total. The monoisotopic (exact) mass is 385 g/mol. The summed E-state index contributed by atoms with van der Waals surface area (Å²) in [6.07, 6.45) is 9.08. The average Bonchev–Trinajstić information content (AvgIpc) is 2.73. The zero-order chi connectivity index (χ0) is 19.8. The molecule has 1 amide bonds. The molecule has 28 heavy (non-hydrogen) atoms. The molecule has 2 heterocycles. The van der Waals surface area contributed by atoms with E-state index in [4.69, 9.17) is 0 Å². The first-order valence-electron chi connectivity index (χ1n) is 11.6. The van der Waals surface area contributed by atoms with E-state index >= 15 is 0 Å². The highest BCUT2D eigenvalue weighted by molar-refractivity contribution is 5.78. The molecule has 0 aliphatic carbocycles. The number of carbonyl (C=O) groups is 1. The topological polar surface area (TPSA) is 35.6 Å². The fourth-order valence-corrected chi connectivity index (χ4v) is 4.80. The van der Waals surface area contributed by atoms with Gasteiger partial charge in [-0.3, -0.25) is 9.69 Å². The second-order valence-corrected chi connectivity index (χ2v) is 8.56. The summed E-state index contributed by atoms with van der Waals surface area (Å²) in [5.41, 5.74) is 2.99. The molecule has 3 rings (SSSR count). The summed E-state index contributed by atoms with van der Waals surface area (Å²) >= 11 is 0. The van der Waals surface area contributed by atoms with Crippen LogP contribution in [0.1, 0.15) is 64.4 Å². The third kappa shape index (κ3) is 5.50. The number of benzene rings is 1. The lowest BCUT2D eigenvalue weighted by molar-refractivity contribution is -0.125. The number of nitrogens with zero attached hydrogens (tertiary/aromatic N) is 2. The van der Waals surface area contributed by atoms with Gasteiger partial charge in [-0.05, 0) is 56.7 Å². The van der Waals surface area contributed by atoms with Crippen LogP contribution in [0.25, 0.3) is 0 Å². The van der Waals surface area contributed by atoms with E-state index in [-0.39, 0.29) is 11.8 Å². The standard InChI is InChI=1S/C24H39N3O/c1-3-5-10-20(4-2)24(28)25-15-8-9-16-26-17-18-27-22(19-26)14-13-21-11-6-7-12-23(21)27/h6-7,11-12,20,22H,3-5,8-10,13-19H2,1-2H3,(H,25,28). The molecule has 156 valence electrons. The molecule has 1 aromatic carbocycles. The summed E-state index contributed by atoms with van der Waals surface area (Å²) in [4.78, 5) is 17.5. The van der Waals surface area contributed by atoms with Gasteiger partial charge in [0, 0.05) is 43.8 Å². The summed E-state index contributed by atoms with van der Waals surface area (Å²) < 4.78 is 0. The van der Waals surface area contributed by atoms with Gasteiger partial charge in [0.1, 0.15) is 0 Å². The normalized spacial score (nSPS) is 20.4. The maximum atomic E-state index is 12.3. The Labute approximate surface area is 171 Å². The molecule has 4 nitrogen and oxygen atoms in total. The minimum absolute atomic E-state index is 0.210. The Kier molecular flexibility index (Phi) is 8.20. The SMILES string of the molecule is CCCCC(CC)C(=O)NCCCCN1CCN2c3ccccc3CCC2C1. The number of hydrogen-bond acceptors (Lipinski definition) is 3. The van der Waals surface area contributed by atoms with Crippen molar-refractivity contribution in [1.82, 2.24) is 10.2 Å². The predicted molar refractivity (Wildman–Crippen MR) is 118 cm³/mol. The number of amides is 1. The fraction of sp³-hybridized carbons (Fsp3) is 0.708. The number of nitrogens with one attached hydrogen (secondary N) is 1. The molecule has 1 fully saturated rings. The van der Waals surface area contributed by atoms with Gasteiger partial charge in [-0.1, -0.05) is 44.9 Å². The second-order valence-electron chi connectivity index (χ2n) is 8.56. The Balaban J connectivity index is 1.33. The minimum atomic E-state index is 0.210. The van der Waals surface area contributed by atoms with Gasteiger partial charge in [-0.25, -0.2) is 0 Å². The van der Waals surface area contributed by atoms with Crippen LogP contribution in [0.2, 0.25) is 0 Å². The molecule has 4 heteroatoms. The van der Waals surface area contributed by atoms with E-state index in [0.29, 0.717) is 6.04 Å². The number of unbranched alkanes of at least 4 members (excludes halogenated alkanes) is 2. The van der Waals surface area contributed by atoms with E-state index in [1.165, 1.54) is 43.5 Å². The van der Waals surface area contributed by atoms with Crippen LogP contribution in [-0.2, 0) is 11.2 Å². The van der Waals surface area contributed by atoms with Crippen molar-refractivity contribution in [2.24, 2.45) is 5.92 Å². The zero-order valence-electron chi connectivity index (χ0n) is 18.0. The van der Waals surface area contributed by atoms with Gasteiger partial charge in [-0.15, -0.1) is 0 Å². The molecule has 0 aromatic heterocycles. The van der Waals surface area contributed by atoms with E-state index in [1.54, 1.807) is 0 Å². The fourth-order valence-electron chi connectivity index (χ4n) is 4.80. The van der Waals surface area contributed by atoms with Crippen molar-refractivity contribution in [3.05, 3.63) is 29.8 Å². The number of para-hydroxylation sites is 1. The quantitative estimate of drug-likeness (QED) is 0.612. The Morgan fingerprint density at radius 3 is 2.86 bits per heavy atom. The van der Waals surface area contributed by atoms with Gasteiger partial charge in [0.05, 0.1) is 0 Å². The van der Waals surface area contributed by atoms with Crippen LogP contribution in [0.15, 0.2) is 24.3 Å². The van der Waals surface area contributed by atoms with E-state index in [1.807, 2.05) is 0 Å². The molecule has 0 radical (unpaired) electrons. The molecule has 2 unspecified atom stereocenters. The van der Waals surface area contributed by atoms with Crippen LogP contribution < -0.4 is 10.2 Å². The van der Waals surface area contributed by atoms with Crippen LogP contribution in [-0.4, -0.2) is 49.6 Å². The summed E-state index contributed by atoms with van der Waals surface area (Å²) in [7, 11) is 0. The van der Waals surface area contributed by atoms with Crippen LogP contribution >= 0.6 is 0 Å². The first-order chi connectivity index (χ1) is 13.7. The van der Waals surface area contributed by atoms with Crippen molar-refractivity contribution >= 4 is 11.6 Å². The van der Waals surface area contributed by atoms with Crippen molar-refractivity contribution < 1.29 is 4.79 Å². The molecule has 1 saturated heterocycles. The van der Waals surface area contributed by atoms with Gasteiger partial charge in [-0.2, -0.15) is 0 Å². The Morgan fingerprint density at radius 2 is 2.04 bits per heavy atom. The van der Waals surface area contributed by atoms with Crippen LogP contribution in [0.3, 0.4) is 0 Å². The molecular formula is C24H39N3O. The number of fused-ring (bicyclic) bond motifs is 3. The van der Waals surface area contributed by atoms with E-state index in [0.717, 1.165) is 51.9 Å². The molecule has 2 aliphatic heterocycles. The molecule has 0 saturated carbocycles. The third-order valence-corrected chi connectivity index (χ3v) is 6.58. The Bertz CT molecular complexity index is 618. The number of aryl methyl sites for hydroxylation is 1. The van der Waals surface area contributed by atoms with Crippen LogP contribution in [0, 0.1) is 5.92 Å². The summed E-state index contributed by atoms with van der Waals surface area (Å²) in [6, 6.07) is 9.60. The average molecular weight is 386 g/mol. The van der Waals surface area contributed by atoms with Crippen LogP contribution in [0.5, 0.6) is 0 Å². The van der Waals surface area contributed by atoms with Crippen molar-refractivity contribution in [2.45, 2.75) is 71.3 Å². The van der Waals surface area contributed by atoms with Crippen molar-refractivity contribution in [2.75, 3.05) is 37.6 Å². The zero-order valence-corrected chi connectivity index (χ0v) is 18.0. The highest BCUT2D eigenvalue weighted by atomic mass is 16.1. The molecule has 0 spiro atoms. The number of hydrogen-bond donors (Lipinski definition) is 1. The van der Waals surface area contributed by atoms with E-state index < -0.39 is 0 Å². The van der Waals surface area contributed by atoms with Crippen LogP contribution in [0.4, 0.5) is 5.69 Å². The first-order valence-corrected chi connectivity index (χ1v) is 11.6. The lowest BCUT2D eigenvalue weighted by atomic mass is 9.94. The van der Waals surface area contributed by atoms with Gasteiger partial charge in [0.25, 0.3) is 0 Å². The molecule has 2 atom stereocenters. The second kappa shape index (κ2) is 10.8. The van der Waals surface area contributed by atoms with Crippen molar-refractivity contribution in [3.8, 4) is 0 Å². The smallest absolute Gasteiger partial charge is 0.223 e. The van der Waals surface area contributed by atoms with Crippen molar-refractivity contribution in [1.29, 1.82) is 0 Å². The highest BCUT2D eigenvalue weighted by Gasteiger charge is 2.30. The highest BCUT2D eigenvalue weighted by Crippen LogP contribution is 2.32. The summed E-state index contributed by atoms with van der Waals surface area (Å²) in [5, 5.41) is 3.17. The molecular weight excluding hydrogens is 346 g/mol. The molecule has 1 aromatic rings. The first kappa shape index (κ1) is 21.2. The van der Waals surface area contributed by atoms with Gasteiger partial charge in [0.2, 0.25) is 5.91 Å². The molecule has 2 aliphatic rings. The number of carbonyl (C=O) groups excluding carboxylic acids is 1. The largest absolute Gasteiger partial charge is 0.366 e. The maximum Gasteiger partial charge on any atom is 0.223 e. The van der Waals surface area contributed by atoms with E-state index in [2.05, 4.69) is 53.2 Å². The van der Waals surface area contributed by atoms with Gasteiger partial charge < -0.3 is 10.2 Å². The summed E-state index contributed by atoms with van der Waals surface area (Å²) in [5.74, 6) is 0.479. The number of rotatable bonds is 10. The van der Waals surface area contributed by atoms with E-state index in [9.17, 15) is 4.79 Å². The lowest BCUT2D eigenvalue weighted by Gasteiger charge is -2.46. The minimum Gasteiger partial charge on any atom is -0.366 e. The Hall–Kier alpha value is -1.55. The lowest BCUT2D eigenvalue weighted by Crippen LogP contribution is -2.55. The number of piperazine rings is 1.